The van der Waals surface area contributed by atoms with Crippen molar-refractivity contribution in [2.45, 2.75) is 6.54 Å². The highest BCUT2D eigenvalue weighted by atomic mass is 35.5. The van der Waals surface area contributed by atoms with Crippen LogP contribution in [0, 0.1) is 0 Å². The molecular weight excluding hydrogens is 416 g/mol. The topological polar surface area (TPSA) is 69.7 Å². The molecule has 4 heterocycles. The summed E-state index contributed by atoms with van der Waals surface area (Å²) in [6.45, 7) is 4.24. The number of nitrogens with zero attached hydrogens (tertiary/aromatic N) is 6. The lowest BCUT2D eigenvalue weighted by atomic mass is 10.1. The van der Waals surface area contributed by atoms with Crippen LogP contribution >= 0.6 is 11.6 Å². The Kier molecular flexibility index (Phi) is 5.59. The molecule has 5 rings (SSSR count). The zero-order valence-electron chi connectivity index (χ0n) is 17.2. The van der Waals surface area contributed by atoms with Crippen LogP contribution in [0.15, 0.2) is 49.1 Å². The van der Waals surface area contributed by atoms with E-state index in [1.165, 1.54) is 0 Å². The molecule has 9 heteroatoms. The number of fused-ring (bicyclic) bond motifs is 1. The Labute approximate surface area is 185 Å². The molecule has 4 aromatic rings. The van der Waals surface area contributed by atoms with Crippen molar-refractivity contribution in [3.8, 4) is 22.5 Å². The summed E-state index contributed by atoms with van der Waals surface area (Å²) in [7, 11) is 1.69. The van der Waals surface area contributed by atoms with Crippen LogP contribution in [0.5, 0.6) is 0 Å². The number of rotatable bonds is 6. The molecule has 3 aromatic heterocycles. The van der Waals surface area contributed by atoms with E-state index in [0.29, 0.717) is 31.4 Å². The smallest absolute Gasteiger partial charge is 0.181 e. The van der Waals surface area contributed by atoms with E-state index in [2.05, 4.69) is 19.4 Å². The van der Waals surface area contributed by atoms with Gasteiger partial charge in [-0.1, -0.05) is 23.7 Å². The highest BCUT2D eigenvalue weighted by Gasteiger charge is 2.23. The molecule has 0 spiro atoms. The Morgan fingerprint density at radius 1 is 1.13 bits per heavy atom. The lowest BCUT2D eigenvalue weighted by Crippen LogP contribution is -2.37. The molecule has 1 aliphatic rings. The van der Waals surface area contributed by atoms with Crippen LogP contribution in [0.1, 0.15) is 0 Å². The number of benzene rings is 1. The monoisotopic (exact) mass is 438 g/mol. The van der Waals surface area contributed by atoms with E-state index in [-0.39, 0.29) is 0 Å². The minimum Gasteiger partial charge on any atom is -0.383 e. The lowest BCUT2D eigenvalue weighted by molar-refractivity contribution is 0.122. The number of aromatic nitrogens is 5. The van der Waals surface area contributed by atoms with E-state index in [1.54, 1.807) is 7.11 Å². The highest BCUT2D eigenvalue weighted by molar-refractivity contribution is 6.30. The van der Waals surface area contributed by atoms with Crippen LogP contribution in [0.25, 0.3) is 28.2 Å². The molecule has 1 fully saturated rings. The summed E-state index contributed by atoms with van der Waals surface area (Å²) >= 11 is 6.13. The van der Waals surface area contributed by atoms with Crippen molar-refractivity contribution in [1.29, 1.82) is 0 Å². The largest absolute Gasteiger partial charge is 0.383 e. The van der Waals surface area contributed by atoms with E-state index in [9.17, 15) is 0 Å². The van der Waals surface area contributed by atoms with Gasteiger partial charge in [-0.05, 0) is 12.1 Å². The van der Waals surface area contributed by atoms with E-state index < -0.39 is 0 Å². The van der Waals surface area contributed by atoms with E-state index in [1.807, 2.05) is 53.7 Å². The number of hydrogen-bond donors (Lipinski definition) is 0. The lowest BCUT2D eigenvalue weighted by Gasteiger charge is -2.27. The van der Waals surface area contributed by atoms with Crippen molar-refractivity contribution in [3.63, 3.8) is 0 Å². The maximum absolute atomic E-state index is 6.13. The molecule has 1 saturated heterocycles. The molecule has 160 valence electrons. The Hall–Kier alpha value is -2.94. The molecule has 31 heavy (non-hydrogen) atoms. The molecule has 8 nitrogen and oxygen atoms in total. The number of imidazole rings is 1. The van der Waals surface area contributed by atoms with Crippen LogP contribution < -0.4 is 4.90 Å². The number of anilines is 1. The average Bonchev–Trinajstić information content (AvgIpc) is 3.43. The summed E-state index contributed by atoms with van der Waals surface area (Å²) in [6.07, 6.45) is 7.67. The van der Waals surface area contributed by atoms with Crippen LogP contribution in [-0.4, -0.2) is 64.2 Å². The van der Waals surface area contributed by atoms with Gasteiger partial charge < -0.3 is 14.4 Å². The SMILES string of the molecule is COCCn1cc(-c2c(-c3ccc(Cl)cc3)nc3c(N4CCOCC4)nccn23)cn1. The number of morpholine rings is 1. The third kappa shape index (κ3) is 3.89. The second-order valence-electron chi connectivity index (χ2n) is 7.34. The molecular formula is C22H23ClN6O2. The normalized spacial score (nSPS) is 14.5. The molecule has 0 saturated carbocycles. The number of halogens is 1. The fourth-order valence-corrected chi connectivity index (χ4v) is 3.97. The van der Waals surface area contributed by atoms with Gasteiger partial charge >= 0.3 is 0 Å². The van der Waals surface area contributed by atoms with Gasteiger partial charge in [-0.2, -0.15) is 5.10 Å². The van der Waals surface area contributed by atoms with Gasteiger partial charge in [0.05, 0.1) is 44.0 Å². The summed E-state index contributed by atoms with van der Waals surface area (Å²) in [4.78, 5) is 11.9. The zero-order valence-corrected chi connectivity index (χ0v) is 18.0. The fraction of sp³-hybridized carbons (Fsp3) is 0.318. The van der Waals surface area contributed by atoms with E-state index in [0.717, 1.165) is 47.1 Å². The first-order valence-corrected chi connectivity index (χ1v) is 10.6. The summed E-state index contributed by atoms with van der Waals surface area (Å²) in [5.41, 5.74) is 4.62. The van der Waals surface area contributed by atoms with Gasteiger partial charge in [-0.3, -0.25) is 9.08 Å². The summed E-state index contributed by atoms with van der Waals surface area (Å²) < 4.78 is 14.7. The van der Waals surface area contributed by atoms with Crippen LogP contribution in [0.2, 0.25) is 5.02 Å². The minimum absolute atomic E-state index is 0.601. The third-order valence-electron chi connectivity index (χ3n) is 5.38. The second-order valence-corrected chi connectivity index (χ2v) is 7.78. The van der Waals surface area contributed by atoms with Gasteiger partial charge in [0.1, 0.15) is 0 Å². The first-order chi connectivity index (χ1) is 15.2. The summed E-state index contributed by atoms with van der Waals surface area (Å²) in [6, 6.07) is 7.75. The maximum Gasteiger partial charge on any atom is 0.181 e. The molecule has 0 aliphatic carbocycles. The van der Waals surface area contributed by atoms with Crippen molar-refractivity contribution < 1.29 is 9.47 Å². The third-order valence-corrected chi connectivity index (χ3v) is 5.64. The Morgan fingerprint density at radius 2 is 1.94 bits per heavy atom. The van der Waals surface area contributed by atoms with Crippen LogP contribution in [0.3, 0.4) is 0 Å². The Morgan fingerprint density at radius 3 is 2.71 bits per heavy atom. The van der Waals surface area contributed by atoms with Crippen molar-refractivity contribution >= 4 is 23.1 Å². The minimum atomic E-state index is 0.601. The molecule has 1 aromatic carbocycles. The molecule has 0 atom stereocenters. The molecule has 0 N–H and O–H groups in total. The molecule has 1 aliphatic heterocycles. The predicted octanol–water partition coefficient (Wildman–Crippen LogP) is 3.40. The highest BCUT2D eigenvalue weighted by Crippen LogP contribution is 2.35. The van der Waals surface area contributed by atoms with Gasteiger partial charge in [0.25, 0.3) is 0 Å². The van der Waals surface area contributed by atoms with Crippen LogP contribution in [0.4, 0.5) is 5.82 Å². The van der Waals surface area contributed by atoms with Gasteiger partial charge in [-0.25, -0.2) is 9.97 Å². The first kappa shape index (κ1) is 20.0. The average molecular weight is 439 g/mol. The molecule has 0 unspecified atom stereocenters. The number of ether oxygens (including phenoxy) is 2. The van der Waals surface area contributed by atoms with E-state index in [4.69, 9.17) is 26.1 Å². The first-order valence-electron chi connectivity index (χ1n) is 10.2. The fourth-order valence-electron chi connectivity index (χ4n) is 3.84. The predicted molar refractivity (Wildman–Crippen MR) is 120 cm³/mol. The van der Waals surface area contributed by atoms with Gasteiger partial charge in [0, 0.05) is 54.9 Å². The molecule has 0 bridgehead atoms. The van der Waals surface area contributed by atoms with E-state index >= 15 is 0 Å². The molecule has 0 amide bonds. The van der Waals surface area contributed by atoms with Crippen molar-refractivity contribution in [2.24, 2.45) is 0 Å². The van der Waals surface area contributed by atoms with Crippen LogP contribution in [-0.2, 0) is 16.0 Å². The number of methoxy groups -OCH3 is 1. The molecule has 0 radical (unpaired) electrons. The van der Waals surface area contributed by atoms with Gasteiger partial charge in [0.2, 0.25) is 0 Å². The van der Waals surface area contributed by atoms with Gasteiger partial charge in [0.15, 0.2) is 11.5 Å². The van der Waals surface area contributed by atoms with Gasteiger partial charge in [-0.15, -0.1) is 0 Å². The van der Waals surface area contributed by atoms with Crippen molar-refractivity contribution in [2.75, 3.05) is 44.9 Å². The van der Waals surface area contributed by atoms with Crippen molar-refractivity contribution in [1.82, 2.24) is 24.1 Å². The Bertz CT molecular complexity index is 1180. The summed E-state index contributed by atoms with van der Waals surface area (Å²) in [5, 5.41) is 5.20. The number of hydrogen-bond acceptors (Lipinski definition) is 6. The summed E-state index contributed by atoms with van der Waals surface area (Å²) in [5.74, 6) is 0.860. The standard InChI is InChI=1S/C22H23ClN6O2/c1-30-11-10-28-15-17(14-25-28)20-19(16-2-4-18(23)5-3-16)26-22-21(24-6-7-29(20)22)27-8-12-31-13-9-27/h2-7,14-15H,8-13H2,1H3. The quantitative estimate of drug-likeness (QED) is 0.459. The van der Waals surface area contributed by atoms with Crippen molar-refractivity contribution in [3.05, 3.63) is 54.1 Å². The Balaban J connectivity index is 1.68. The maximum atomic E-state index is 6.13. The second kappa shape index (κ2) is 8.66. The zero-order chi connectivity index (χ0) is 21.2.